The van der Waals surface area contributed by atoms with Crippen LogP contribution >= 0.6 is 0 Å². The van der Waals surface area contributed by atoms with Crippen LogP contribution in [0, 0.1) is 0 Å². The van der Waals surface area contributed by atoms with Crippen molar-refractivity contribution in [2.75, 3.05) is 0 Å². The number of carbonyl (C=O) groups excluding carboxylic acids is 2. The van der Waals surface area contributed by atoms with Gasteiger partial charge in [-0.05, 0) is 18.2 Å². The van der Waals surface area contributed by atoms with E-state index in [1.54, 1.807) is 0 Å². The van der Waals surface area contributed by atoms with Crippen LogP contribution in [0.1, 0.15) is 26.3 Å². The number of aromatic hydroxyl groups is 2. The first-order chi connectivity index (χ1) is 10.5. The molecular weight excluding hydrogens is 292 g/mol. The summed E-state index contributed by atoms with van der Waals surface area (Å²) in [4.78, 5) is 33.9. The number of carboxylic acid groups (broad SMARTS) is 1. The van der Waals surface area contributed by atoms with Gasteiger partial charge in [0.2, 0.25) is 5.75 Å². The molecule has 2 aromatic carbocycles. The topological polar surface area (TPSA) is 121 Å². The number of aromatic carboxylic acids is 1. The molecule has 0 aromatic heterocycles. The highest BCUT2D eigenvalue weighted by molar-refractivity contribution is 6.15. The Labute approximate surface area is 124 Å². The van der Waals surface area contributed by atoms with E-state index < -0.39 is 29.0 Å². The number of hydrogen-bond donors (Lipinski definition) is 3. The third-order valence-corrected chi connectivity index (χ3v) is 2.92. The Kier molecular flexibility index (Phi) is 4.08. The zero-order chi connectivity index (χ0) is 16.3. The molecule has 22 heavy (non-hydrogen) atoms. The second-order valence-corrected chi connectivity index (χ2v) is 4.20. The maximum absolute atomic E-state index is 12.4. The number of ketones is 1. The van der Waals surface area contributed by atoms with Gasteiger partial charge in [-0.25, -0.2) is 4.79 Å². The minimum Gasteiger partial charge on any atom is -0.504 e. The third-order valence-electron chi connectivity index (χ3n) is 2.92. The summed E-state index contributed by atoms with van der Waals surface area (Å²) in [5.74, 6) is -3.95. The minimum atomic E-state index is -1.30. The summed E-state index contributed by atoms with van der Waals surface area (Å²) >= 11 is 0. The van der Waals surface area contributed by atoms with Crippen LogP contribution in [0.3, 0.4) is 0 Å². The van der Waals surface area contributed by atoms with Gasteiger partial charge in [-0.15, -0.1) is 0 Å². The predicted octanol–water partition coefficient (Wildman–Crippen LogP) is 1.56. The molecule has 0 saturated heterocycles. The van der Waals surface area contributed by atoms with Crippen LogP contribution in [-0.4, -0.2) is 33.5 Å². The van der Waals surface area contributed by atoms with Crippen LogP contribution < -0.4 is 4.74 Å². The zero-order valence-corrected chi connectivity index (χ0v) is 11.0. The highest BCUT2D eigenvalue weighted by Crippen LogP contribution is 2.39. The highest BCUT2D eigenvalue weighted by Gasteiger charge is 2.23. The smallest absolute Gasteiger partial charge is 0.336 e. The molecule has 0 saturated carbocycles. The second kappa shape index (κ2) is 5.96. The number of rotatable bonds is 5. The molecule has 0 aliphatic carbocycles. The Hall–Kier alpha value is -3.35. The van der Waals surface area contributed by atoms with Crippen LogP contribution in [0.25, 0.3) is 0 Å². The van der Waals surface area contributed by atoms with Crippen LogP contribution in [-0.2, 0) is 4.79 Å². The Morgan fingerprint density at radius 2 is 1.59 bits per heavy atom. The predicted molar refractivity (Wildman–Crippen MR) is 73.3 cm³/mol. The summed E-state index contributed by atoms with van der Waals surface area (Å²) in [5, 5.41) is 28.5. The Balaban J connectivity index is 2.58. The van der Waals surface area contributed by atoms with Crippen molar-refractivity contribution in [3.8, 4) is 17.2 Å². The molecule has 2 rings (SSSR count). The van der Waals surface area contributed by atoms with E-state index in [0.717, 1.165) is 12.1 Å². The van der Waals surface area contributed by atoms with Gasteiger partial charge in [0.15, 0.2) is 17.3 Å². The van der Waals surface area contributed by atoms with E-state index in [1.165, 1.54) is 24.3 Å². The molecule has 0 atom stereocenters. The number of ether oxygens (including phenoxy) is 1. The molecule has 0 aliphatic rings. The van der Waals surface area contributed by atoms with Crippen LogP contribution in [0.15, 0.2) is 36.4 Å². The molecular formula is C15H10O7. The SMILES string of the molecule is O=COc1c(O)ccc(C(=O)c2ccccc2C(=O)O)c1O. The minimum absolute atomic E-state index is 0.0196. The lowest BCUT2D eigenvalue weighted by atomic mass is 9.97. The fourth-order valence-corrected chi connectivity index (χ4v) is 1.92. The molecule has 0 radical (unpaired) electrons. The van der Waals surface area contributed by atoms with E-state index in [-0.39, 0.29) is 23.2 Å². The third kappa shape index (κ3) is 2.59. The van der Waals surface area contributed by atoms with Crippen molar-refractivity contribution in [1.82, 2.24) is 0 Å². The van der Waals surface area contributed by atoms with E-state index in [2.05, 4.69) is 4.74 Å². The van der Waals surface area contributed by atoms with Gasteiger partial charge >= 0.3 is 5.97 Å². The molecule has 0 spiro atoms. The molecule has 112 valence electrons. The van der Waals surface area contributed by atoms with E-state index in [0.29, 0.717) is 0 Å². The molecule has 2 aromatic rings. The Morgan fingerprint density at radius 1 is 0.955 bits per heavy atom. The van der Waals surface area contributed by atoms with Gasteiger partial charge in [-0.3, -0.25) is 9.59 Å². The number of phenols is 2. The highest BCUT2D eigenvalue weighted by atomic mass is 16.5. The standard InChI is InChI=1S/C15H10O7/c16-7-22-14-11(17)6-5-10(13(14)19)12(18)8-3-1-2-4-9(8)15(20)21/h1-7,17,19H,(H,20,21). The summed E-state index contributed by atoms with van der Waals surface area (Å²) in [7, 11) is 0. The van der Waals surface area contributed by atoms with Crippen molar-refractivity contribution in [1.29, 1.82) is 0 Å². The van der Waals surface area contributed by atoms with Gasteiger partial charge in [0, 0.05) is 5.56 Å². The monoisotopic (exact) mass is 302 g/mol. The summed E-state index contributed by atoms with van der Waals surface area (Å²) in [6.07, 6.45) is 0. The van der Waals surface area contributed by atoms with Crippen molar-refractivity contribution < 1.29 is 34.4 Å². The fraction of sp³-hybridized carbons (Fsp3) is 0. The van der Waals surface area contributed by atoms with Gasteiger partial charge in [0.05, 0.1) is 11.1 Å². The number of benzene rings is 2. The molecule has 0 heterocycles. The molecule has 0 fully saturated rings. The molecule has 0 bridgehead atoms. The molecule has 3 N–H and O–H groups in total. The van der Waals surface area contributed by atoms with Gasteiger partial charge in [-0.2, -0.15) is 0 Å². The first-order valence-corrected chi connectivity index (χ1v) is 5.99. The largest absolute Gasteiger partial charge is 0.504 e. The second-order valence-electron chi connectivity index (χ2n) is 4.20. The molecule has 0 aliphatic heterocycles. The molecule has 7 nitrogen and oxygen atoms in total. The van der Waals surface area contributed by atoms with Crippen molar-refractivity contribution in [3.05, 3.63) is 53.1 Å². The van der Waals surface area contributed by atoms with Crippen LogP contribution in [0.2, 0.25) is 0 Å². The summed E-state index contributed by atoms with van der Waals surface area (Å²) in [6.45, 7) is -0.0196. The molecule has 0 unspecified atom stereocenters. The number of carboxylic acids is 1. The van der Waals surface area contributed by atoms with E-state index >= 15 is 0 Å². The van der Waals surface area contributed by atoms with E-state index in [1.807, 2.05) is 0 Å². The van der Waals surface area contributed by atoms with E-state index in [9.17, 15) is 24.6 Å². The summed E-state index contributed by atoms with van der Waals surface area (Å²) < 4.78 is 4.42. The van der Waals surface area contributed by atoms with Crippen molar-refractivity contribution in [2.45, 2.75) is 0 Å². The number of phenolic OH excluding ortho intramolecular Hbond substituents is 2. The molecule has 7 heteroatoms. The average molecular weight is 302 g/mol. The number of carbonyl (C=O) groups is 3. The van der Waals surface area contributed by atoms with Crippen molar-refractivity contribution >= 4 is 18.2 Å². The zero-order valence-electron chi connectivity index (χ0n) is 11.0. The van der Waals surface area contributed by atoms with Gasteiger partial charge in [0.1, 0.15) is 0 Å². The first kappa shape index (κ1) is 15.0. The first-order valence-electron chi connectivity index (χ1n) is 5.99. The summed E-state index contributed by atoms with van der Waals surface area (Å²) in [5.41, 5.74) is -0.686. The lowest BCUT2D eigenvalue weighted by Crippen LogP contribution is -2.10. The quantitative estimate of drug-likeness (QED) is 0.566. The average Bonchev–Trinajstić information content (AvgIpc) is 2.51. The van der Waals surface area contributed by atoms with E-state index in [4.69, 9.17) is 5.11 Å². The lowest BCUT2D eigenvalue weighted by molar-refractivity contribution is -0.120. The maximum atomic E-state index is 12.4. The molecule has 0 amide bonds. The summed E-state index contributed by atoms with van der Waals surface area (Å²) in [6, 6.07) is 7.62. The maximum Gasteiger partial charge on any atom is 0.336 e. The fourth-order valence-electron chi connectivity index (χ4n) is 1.92. The van der Waals surface area contributed by atoms with Crippen molar-refractivity contribution in [2.24, 2.45) is 0 Å². The normalized spacial score (nSPS) is 10.0. The Morgan fingerprint density at radius 3 is 2.18 bits per heavy atom. The van der Waals surface area contributed by atoms with Gasteiger partial charge in [0.25, 0.3) is 6.47 Å². The van der Waals surface area contributed by atoms with Crippen molar-refractivity contribution in [3.63, 3.8) is 0 Å². The number of hydrogen-bond acceptors (Lipinski definition) is 6. The Bertz CT molecular complexity index is 764. The van der Waals surface area contributed by atoms with Crippen LogP contribution in [0.5, 0.6) is 17.2 Å². The lowest BCUT2D eigenvalue weighted by Gasteiger charge is -2.10. The van der Waals surface area contributed by atoms with Crippen LogP contribution in [0.4, 0.5) is 0 Å². The van der Waals surface area contributed by atoms with Gasteiger partial charge in [-0.1, -0.05) is 18.2 Å². The van der Waals surface area contributed by atoms with Gasteiger partial charge < -0.3 is 20.1 Å².